The third-order valence-electron chi connectivity index (χ3n) is 3.23. The summed E-state index contributed by atoms with van der Waals surface area (Å²) in [6, 6.07) is 12.3. The maximum atomic E-state index is 11.9. The molecule has 3 N–H and O–H groups in total. The highest BCUT2D eigenvalue weighted by Gasteiger charge is 2.12. The van der Waals surface area contributed by atoms with E-state index in [-0.39, 0.29) is 10.8 Å². The van der Waals surface area contributed by atoms with E-state index < -0.39 is 10.0 Å². The van der Waals surface area contributed by atoms with Gasteiger partial charge in [-0.05, 0) is 43.2 Å². The zero-order valence-electron chi connectivity index (χ0n) is 12.9. The van der Waals surface area contributed by atoms with Crippen LogP contribution in [0.3, 0.4) is 0 Å². The average molecular weight is 330 g/mol. The molecule has 0 bridgehead atoms. The van der Waals surface area contributed by atoms with Gasteiger partial charge in [0.05, 0.1) is 4.90 Å². The Hall–Kier alpha value is -2.44. The van der Waals surface area contributed by atoms with Crippen molar-refractivity contribution in [3.8, 4) is 0 Å². The molecule has 0 aliphatic carbocycles. The van der Waals surface area contributed by atoms with Crippen molar-refractivity contribution in [3.63, 3.8) is 0 Å². The predicted molar refractivity (Wildman–Crippen MR) is 91.4 cm³/mol. The van der Waals surface area contributed by atoms with E-state index in [1.807, 2.05) is 31.2 Å². The predicted octanol–water partition coefficient (Wildman–Crippen LogP) is 2.60. The minimum absolute atomic E-state index is 0.00189. The first-order chi connectivity index (χ1) is 10.8. The molecular formula is C17H18N2O3S. The molecule has 2 rings (SSSR count). The van der Waals surface area contributed by atoms with E-state index >= 15 is 0 Å². The van der Waals surface area contributed by atoms with Crippen LogP contribution in [0, 0.1) is 13.8 Å². The fourth-order valence-corrected chi connectivity index (χ4v) is 2.92. The van der Waals surface area contributed by atoms with Crippen LogP contribution in [0.4, 0.5) is 5.69 Å². The van der Waals surface area contributed by atoms with Crippen molar-refractivity contribution in [1.29, 1.82) is 0 Å². The Morgan fingerprint density at radius 3 is 2.52 bits per heavy atom. The molecule has 23 heavy (non-hydrogen) atoms. The summed E-state index contributed by atoms with van der Waals surface area (Å²) in [5.41, 5.74) is 2.91. The molecule has 6 heteroatoms. The van der Waals surface area contributed by atoms with Gasteiger partial charge in [-0.2, -0.15) is 0 Å². The van der Waals surface area contributed by atoms with Crippen molar-refractivity contribution < 1.29 is 13.2 Å². The van der Waals surface area contributed by atoms with Gasteiger partial charge in [0.2, 0.25) is 15.9 Å². The van der Waals surface area contributed by atoms with Gasteiger partial charge in [0.15, 0.2) is 0 Å². The molecule has 0 aliphatic rings. The van der Waals surface area contributed by atoms with Crippen molar-refractivity contribution in [2.45, 2.75) is 18.7 Å². The number of carbonyl (C=O) groups is 1. The topological polar surface area (TPSA) is 89.3 Å². The lowest BCUT2D eigenvalue weighted by atomic mass is 10.1. The van der Waals surface area contributed by atoms with Gasteiger partial charge in [-0.1, -0.05) is 35.9 Å². The molecule has 0 saturated carbocycles. The lowest BCUT2D eigenvalue weighted by Gasteiger charge is -2.07. The van der Waals surface area contributed by atoms with Crippen LogP contribution in [0.25, 0.3) is 6.08 Å². The third-order valence-corrected chi connectivity index (χ3v) is 4.28. The number of amides is 1. The first kappa shape index (κ1) is 16.9. The van der Waals surface area contributed by atoms with Gasteiger partial charge in [0.1, 0.15) is 0 Å². The van der Waals surface area contributed by atoms with Gasteiger partial charge in [0.25, 0.3) is 0 Å². The van der Waals surface area contributed by atoms with Crippen molar-refractivity contribution in [1.82, 2.24) is 0 Å². The van der Waals surface area contributed by atoms with E-state index in [0.717, 1.165) is 11.1 Å². The van der Waals surface area contributed by atoms with E-state index in [0.29, 0.717) is 11.3 Å². The molecule has 0 aromatic heterocycles. The summed E-state index contributed by atoms with van der Waals surface area (Å²) in [5.74, 6) is -0.351. The Bertz CT molecular complexity index is 871. The molecule has 0 saturated heterocycles. The van der Waals surface area contributed by atoms with Crippen molar-refractivity contribution in [2.75, 3.05) is 5.32 Å². The number of nitrogens with two attached hydrogens (primary N) is 1. The highest BCUT2D eigenvalue weighted by atomic mass is 32.2. The number of primary sulfonamides is 1. The summed E-state index contributed by atoms with van der Waals surface area (Å²) in [4.78, 5) is 11.9. The number of aryl methyl sites for hydroxylation is 2. The quantitative estimate of drug-likeness (QED) is 0.844. The molecule has 120 valence electrons. The second-order valence-corrected chi connectivity index (χ2v) is 6.79. The molecule has 2 aromatic rings. The molecule has 0 radical (unpaired) electrons. The number of hydrogen-bond acceptors (Lipinski definition) is 3. The van der Waals surface area contributed by atoms with E-state index in [9.17, 15) is 13.2 Å². The number of benzene rings is 2. The molecule has 0 aliphatic heterocycles. The second kappa shape index (κ2) is 6.76. The first-order valence-electron chi connectivity index (χ1n) is 6.95. The minimum atomic E-state index is -3.82. The smallest absolute Gasteiger partial charge is 0.248 e. The molecule has 0 fully saturated rings. The summed E-state index contributed by atoms with van der Waals surface area (Å²) in [5, 5.41) is 7.77. The molecule has 0 atom stereocenters. The standard InChI is InChI=1S/C17H18N2O3S/c1-12-4-3-5-14(10-12)7-9-17(20)19-15-8-6-13(2)16(11-15)23(18,21)22/h3-11H,1-2H3,(H,19,20)(H2,18,21,22)/b9-7+. The number of sulfonamides is 1. The summed E-state index contributed by atoms with van der Waals surface area (Å²) < 4.78 is 23.0. The summed E-state index contributed by atoms with van der Waals surface area (Å²) in [6.45, 7) is 3.61. The van der Waals surface area contributed by atoms with E-state index in [4.69, 9.17) is 5.14 Å². The molecular weight excluding hydrogens is 312 g/mol. The fraction of sp³-hybridized carbons (Fsp3) is 0.118. The Kier molecular flexibility index (Phi) is 4.98. The van der Waals surface area contributed by atoms with Crippen LogP contribution in [0.1, 0.15) is 16.7 Å². The zero-order valence-corrected chi connectivity index (χ0v) is 13.7. The highest BCUT2D eigenvalue weighted by Crippen LogP contribution is 2.19. The second-order valence-electron chi connectivity index (χ2n) is 5.26. The van der Waals surface area contributed by atoms with Gasteiger partial charge in [0, 0.05) is 11.8 Å². The number of anilines is 1. The molecule has 5 nitrogen and oxygen atoms in total. The van der Waals surface area contributed by atoms with E-state index in [2.05, 4.69) is 5.32 Å². The summed E-state index contributed by atoms with van der Waals surface area (Å²) in [7, 11) is -3.82. The molecule has 2 aromatic carbocycles. The lowest BCUT2D eigenvalue weighted by Crippen LogP contribution is -2.15. The van der Waals surface area contributed by atoms with Crippen LogP contribution in [0.15, 0.2) is 53.4 Å². The highest BCUT2D eigenvalue weighted by molar-refractivity contribution is 7.89. The van der Waals surface area contributed by atoms with Crippen molar-refractivity contribution in [3.05, 3.63) is 65.2 Å². The van der Waals surface area contributed by atoms with Crippen LogP contribution < -0.4 is 10.5 Å². The first-order valence-corrected chi connectivity index (χ1v) is 8.49. The molecule has 0 heterocycles. The van der Waals surface area contributed by atoms with Gasteiger partial charge in [-0.15, -0.1) is 0 Å². The Labute approximate surface area is 135 Å². The largest absolute Gasteiger partial charge is 0.322 e. The SMILES string of the molecule is Cc1cccc(/C=C/C(=O)Nc2ccc(C)c(S(N)(=O)=O)c2)c1. The lowest BCUT2D eigenvalue weighted by molar-refractivity contribution is -0.111. The minimum Gasteiger partial charge on any atom is -0.322 e. The van der Waals surface area contributed by atoms with Gasteiger partial charge in [-0.25, -0.2) is 13.6 Å². The normalized spacial score (nSPS) is 11.6. The summed E-state index contributed by atoms with van der Waals surface area (Å²) in [6.07, 6.45) is 3.09. The van der Waals surface area contributed by atoms with Crippen LogP contribution in [0.5, 0.6) is 0 Å². The Morgan fingerprint density at radius 2 is 1.87 bits per heavy atom. The third kappa shape index (κ3) is 4.77. The average Bonchev–Trinajstić information content (AvgIpc) is 2.46. The fourth-order valence-electron chi connectivity index (χ4n) is 2.11. The molecule has 1 amide bonds. The van der Waals surface area contributed by atoms with Crippen molar-refractivity contribution >= 4 is 27.7 Å². The number of hydrogen-bond donors (Lipinski definition) is 2. The van der Waals surface area contributed by atoms with Crippen LogP contribution in [-0.2, 0) is 14.8 Å². The zero-order chi connectivity index (χ0) is 17.0. The number of nitrogens with one attached hydrogen (secondary N) is 1. The monoisotopic (exact) mass is 330 g/mol. The van der Waals surface area contributed by atoms with Gasteiger partial charge < -0.3 is 5.32 Å². The van der Waals surface area contributed by atoms with E-state index in [1.165, 1.54) is 12.1 Å². The number of rotatable bonds is 4. The number of carbonyl (C=O) groups excluding carboxylic acids is 1. The van der Waals surface area contributed by atoms with Crippen LogP contribution in [-0.4, -0.2) is 14.3 Å². The Balaban J connectivity index is 2.15. The van der Waals surface area contributed by atoms with Crippen LogP contribution in [0.2, 0.25) is 0 Å². The molecule has 0 spiro atoms. The maximum absolute atomic E-state index is 11.9. The van der Waals surface area contributed by atoms with Crippen molar-refractivity contribution in [2.24, 2.45) is 5.14 Å². The van der Waals surface area contributed by atoms with Crippen LogP contribution >= 0.6 is 0 Å². The Morgan fingerprint density at radius 1 is 1.13 bits per heavy atom. The van der Waals surface area contributed by atoms with E-state index in [1.54, 1.807) is 25.1 Å². The summed E-state index contributed by atoms with van der Waals surface area (Å²) >= 11 is 0. The maximum Gasteiger partial charge on any atom is 0.248 e. The van der Waals surface area contributed by atoms with Gasteiger partial charge in [-0.3, -0.25) is 4.79 Å². The molecule has 0 unspecified atom stereocenters. The van der Waals surface area contributed by atoms with Gasteiger partial charge >= 0.3 is 0 Å².